The number of carbonyl (C=O) groups excluding carboxylic acids is 1. The highest BCUT2D eigenvalue weighted by molar-refractivity contribution is 6.30. The van der Waals surface area contributed by atoms with Crippen LogP contribution in [-0.4, -0.2) is 15.7 Å². The van der Waals surface area contributed by atoms with Crippen LogP contribution in [0.25, 0.3) is 11.3 Å². The molecule has 1 heterocycles. The number of halogens is 1. The second kappa shape index (κ2) is 6.26. The van der Waals surface area contributed by atoms with Gasteiger partial charge in [0.05, 0.1) is 5.69 Å². The van der Waals surface area contributed by atoms with Gasteiger partial charge in [0.1, 0.15) is 5.69 Å². The van der Waals surface area contributed by atoms with Crippen LogP contribution in [0.1, 0.15) is 16.1 Å². The van der Waals surface area contributed by atoms with Crippen molar-refractivity contribution in [2.24, 2.45) is 7.05 Å². The molecule has 2 aromatic carbocycles. The van der Waals surface area contributed by atoms with Gasteiger partial charge in [-0.25, -0.2) is 0 Å². The number of anilines is 1. The van der Waals surface area contributed by atoms with Gasteiger partial charge < -0.3 is 5.32 Å². The third-order valence-corrected chi connectivity index (χ3v) is 3.81. The largest absolute Gasteiger partial charge is 0.321 e. The molecule has 1 N–H and O–H groups in total. The van der Waals surface area contributed by atoms with Crippen LogP contribution in [0.4, 0.5) is 5.69 Å². The Bertz CT molecular complexity index is 836. The quantitative estimate of drug-likeness (QED) is 0.780. The van der Waals surface area contributed by atoms with Gasteiger partial charge in [-0.1, -0.05) is 41.4 Å². The highest BCUT2D eigenvalue weighted by atomic mass is 35.5. The van der Waals surface area contributed by atoms with Gasteiger partial charge in [-0.15, -0.1) is 0 Å². The van der Waals surface area contributed by atoms with Crippen molar-refractivity contribution < 1.29 is 4.79 Å². The highest BCUT2D eigenvalue weighted by Gasteiger charge is 2.14. The molecule has 0 radical (unpaired) electrons. The van der Waals surface area contributed by atoms with Crippen LogP contribution in [0.2, 0.25) is 5.02 Å². The zero-order chi connectivity index (χ0) is 16.4. The first-order valence-electron chi connectivity index (χ1n) is 7.21. The molecule has 0 aliphatic carbocycles. The van der Waals surface area contributed by atoms with Crippen LogP contribution in [0.3, 0.4) is 0 Å². The fraction of sp³-hybridized carbons (Fsp3) is 0.111. The molecule has 3 rings (SSSR count). The van der Waals surface area contributed by atoms with E-state index < -0.39 is 0 Å². The lowest BCUT2D eigenvalue weighted by molar-refractivity contribution is 0.101. The molecule has 0 bridgehead atoms. The van der Waals surface area contributed by atoms with Crippen LogP contribution >= 0.6 is 11.6 Å². The van der Waals surface area contributed by atoms with Crippen molar-refractivity contribution in [1.82, 2.24) is 9.78 Å². The number of benzene rings is 2. The first-order valence-corrected chi connectivity index (χ1v) is 7.59. The van der Waals surface area contributed by atoms with E-state index >= 15 is 0 Å². The van der Waals surface area contributed by atoms with E-state index in [1.165, 1.54) is 0 Å². The zero-order valence-corrected chi connectivity index (χ0v) is 13.6. The number of amides is 1. The number of hydrogen-bond acceptors (Lipinski definition) is 2. The summed E-state index contributed by atoms with van der Waals surface area (Å²) < 4.78 is 1.58. The molecule has 0 aliphatic rings. The predicted molar refractivity (Wildman–Crippen MR) is 92.8 cm³/mol. The standard InChI is InChI=1S/C18H16ClN3O/c1-12-3-9-15(10-4-12)20-18(23)17-11-16(21-22(17)2)13-5-7-14(19)8-6-13/h3-11H,1-2H3,(H,20,23). The van der Waals surface area contributed by atoms with Gasteiger partial charge in [0.25, 0.3) is 5.91 Å². The van der Waals surface area contributed by atoms with E-state index in [9.17, 15) is 4.79 Å². The molecule has 0 saturated carbocycles. The molecule has 0 aliphatic heterocycles. The van der Waals surface area contributed by atoms with Crippen molar-refractivity contribution in [3.8, 4) is 11.3 Å². The third-order valence-electron chi connectivity index (χ3n) is 3.56. The number of rotatable bonds is 3. The fourth-order valence-corrected chi connectivity index (χ4v) is 2.40. The van der Waals surface area contributed by atoms with Gasteiger partial charge in [-0.05, 0) is 37.3 Å². The molecule has 3 aromatic rings. The second-order valence-corrected chi connectivity index (χ2v) is 5.80. The van der Waals surface area contributed by atoms with Crippen LogP contribution in [0.5, 0.6) is 0 Å². The minimum absolute atomic E-state index is 0.191. The Labute approximate surface area is 139 Å². The van der Waals surface area contributed by atoms with Crippen LogP contribution in [-0.2, 0) is 7.05 Å². The normalized spacial score (nSPS) is 10.6. The summed E-state index contributed by atoms with van der Waals surface area (Å²) in [5.74, 6) is -0.191. The minimum Gasteiger partial charge on any atom is -0.321 e. The Morgan fingerprint density at radius 1 is 1.09 bits per heavy atom. The SMILES string of the molecule is Cc1ccc(NC(=O)c2cc(-c3ccc(Cl)cc3)nn2C)cc1. The maximum atomic E-state index is 12.4. The number of carbonyl (C=O) groups is 1. The lowest BCUT2D eigenvalue weighted by Gasteiger charge is -2.05. The lowest BCUT2D eigenvalue weighted by Crippen LogP contribution is -2.15. The minimum atomic E-state index is -0.191. The van der Waals surface area contributed by atoms with Gasteiger partial charge in [0, 0.05) is 23.3 Å². The van der Waals surface area contributed by atoms with Crippen molar-refractivity contribution in [2.75, 3.05) is 5.32 Å². The summed E-state index contributed by atoms with van der Waals surface area (Å²) in [6.07, 6.45) is 0. The molecule has 4 nitrogen and oxygen atoms in total. The number of hydrogen-bond donors (Lipinski definition) is 1. The van der Waals surface area contributed by atoms with E-state index in [0.29, 0.717) is 10.7 Å². The topological polar surface area (TPSA) is 46.9 Å². The Morgan fingerprint density at radius 3 is 2.39 bits per heavy atom. The summed E-state index contributed by atoms with van der Waals surface area (Å²) in [6.45, 7) is 2.01. The van der Waals surface area contributed by atoms with Gasteiger partial charge in [0.15, 0.2) is 0 Å². The molecule has 116 valence electrons. The van der Waals surface area contributed by atoms with E-state index in [0.717, 1.165) is 22.5 Å². The predicted octanol–water partition coefficient (Wildman–Crippen LogP) is 4.30. The summed E-state index contributed by atoms with van der Waals surface area (Å²) in [7, 11) is 1.75. The van der Waals surface area contributed by atoms with Gasteiger partial charge in [-0.3, -0.25) is 9.48 Å². The van der Waals surface area contributed by atoms with Crippen molar-refractivity contribution >= 4 is 23.2 Å². The molecule has 0 spiro atoms. The maximum absolute atomic E-state index is 12.4. The average Bonchev–Trinajstić information content (AvgIpc) is 2.92. The van der Waals surface area contributed by atoms with E-state index in [1.54, 1.807) is 29.9 Å². The Morgan fingerprint density at radius 2 is 1.74 bits per heavy atom. The molecule has 0 atom stereocenters. The smallest absolute Gasteiger partial charge is 0.273 e. The molecule has 23 heavy (non-hydrogen) atoms. The zero-order valence-electron chi connectivity index (χ0n) is 12.9. The highest BCUT2D eigenvalue weighted by Crippen LogP contribution is 2.21. The van der Waals surface area contributed by atoms with Crippen LogP contribution in [0, 0.1) is 6.92 Å². The summed E-state index contributed by atoms with van der Waals surface area (Å²) in [5.41, 5.74) is 4.05. The fourth-order valence-electron chi connectivity index (χ4n) is 2.27. The Kier molecular flexibility index (Phi) is 4.17. The summed E-state index contributed by atoms with van der Waals surface area (Å²) in [6, 6.07) is 16.8. The van der Waals surface area contributed by atoms with Crippen LogP contribution in [0.15, 0.2) is 54.6 Å². The van der Waals surface area contributed by atoms with Crippen LogP contribution < -0.4 is 5.32 Å². The van der Waals surface area contributed by atoms with Crippen molar-refractivity contribution in [2.45, 2.75) is 6.92 Å². The van der Waals surface area contributed by atoms with Crippen molar-refractivity contribution in [3.05, 3.63) is 70.9 Å². The molecule has 1 aromatic heterocycles. The molecule has 5 heteroatoms. The monoisotopic (exact) mass is 325 g/mol. The van der Waals surface area contributed by atoms with E-state index in [-0.39, 0.29) is 5.91 Å². The lowest BCUT2D eigenvalue weighted by atomic mass is 10.1. The van der Waals surface area contributed by atoms with E-state index in [1.807, 2.05) is 43.3 Å². The summed E-state index contributed by atoms with van der Waals surface area (Å²) in [5, 5.41) is 7.95. The average molecular weight is 326 g/mol. The van der Waals surface area contributed by atoms with Gasteiger partial charge >= 0.3 is 0 Å². The van der Waals surface area contributed by atoms with Gasteiger partial charge in [0.2, 0.25) is 0 Å². The number of nitrogens with one attached hydrogen (secondary N) is 1. The first-order chi connectivity index (χ1) is 11.0. The first kappa shape index (κ1) is 15.3. The number of nitrogens with zero attached hydrogens (tertiary/aromatic N) is 2. The number of aryl methyl sites for hydroxylation is 2. The number of aromatic nitrogens is 2. The van der Waals surface area contributed by atoms with E-state index in [2.05, 4.69) is 10.4 Å². The third kappa shape index (κ3) is 3.43. The molecular weight excluding hydrogens is 310 g/mol. The van der Waals surface area contributed by atoms with E-state index in [4.69, 9.17) is 11.6 Å². The second-order valence-electron chi connectivity index (χ2n) is 5.37. The van der Waals surface area contributed by atoms with Crippen molar-refractivity contribution in [1.29, 1.82) is 0 Å². The Hall–Kier alpha value is -2.59. The summed E-state index contributed by atoms with van der Waals surface area (Å²) in [4.78, 5) is 12.4. The van der Waals surface area contributed by atoms with Crippen molar-refractivity contribution in [3.63, 3.8) is 0 Å². The van der Waals surface area contributed by atoms with Gasteiger partial charge in [-0.2, -0.15) is 5.10 Å². The molecule has 0 saturated heterocycles. The molecular formula is C18H16ClN3O. The maximum Gasteiger partial charge on any atom is 0.273 e. The molecule has 0 fully saturated rings. The summed E-state index contributed by atoms with van der Waals surface area (Å²) >= 11 is 5.90. The Balaban J connectivity index is 1.84. The molecule has 1 amide bonds. The molecule has 0 unspecified atom stereocenters.